The van der Waals surface area contributed by atoms with Crippen molar-refractivity contribution in [3.05, 3.63) is 71.4 Å². The fourth-order valence-corrected chi connectivity index (χ4v) is 4.13. The summed E-state index contributed by atoms with van der Waals surface area (Å²) in [5.41, 5.74) is 2.74. The Kier molecular flexibility index (Phi) is 6.33. The van der Waals surface area contributed by atoms with Gasteiger partial charge < -0.3 is 5.32 Å². The van der Waals surface area contributed by atoms with Crippen molar-refractivity contribution < 1.29 is 13.2 Å². The Morgan fingerprint density at radius 3 is 2.50 bits per heavy atom. The van der Waals surface area contributed by atoms with Gasteiger partial charge in [0.15, 0.2) is 0 Å². The number of sulfonamides is 1. The molecule has 1 N–H and O–H groups in total. The van der Waals surface area contributed by atoms with Gasteiger partial charge in [-0.3, -0.25) is 9.36 Å². The van der Waals surface area contributed by atoms with Gasteiger partial charge >= 0.3 is 0 Å². The van der Waals surface area contributed by atoms with E-state index in [0.29, 0.717) is 5.82 Å². The number of nitrogens with one attached hydrogen (secondary N) is 1. The van der Waals surface area contributed by atoms with E-state index in [4.69, 9.17) is 0 Å². The minimum atomic E-state index is -3.75. The first-order valence-corrected chi connectivity index (χ1v) is 10.9. The van der Waals surface area contributed by atoms with Crippen molar-refractivity contribution in [3.63, 3.8) is 0 Å². The zero-order chi connectivity index (χ0) is 21.9. The number of hydrogen-bond donors (Lipinski definition) is 1. The van der Waals surface area contributed by atoms with Gasteiger partial charge in [-0.1, -0.05) is 6.07 Å². The number of aryl methyl sites for hydroxylation is 3. The lowest BCUT2D eigenvalue weighted by Gasteiger charge is -2.17. The molecule has 0 radical (unpaired) electrons. The minimum Gasteiger partial charge on any atom is -0.351 e. The Morgan fingerprint density at radius 1 is 1.07 bits per heavy atom. The summed E-state index contributed by atoms with van der Waals surface area (Å²) in [6.45, 7) is 5.65. The average Bonchev–Trinajstić information content (AvgIpc) is 3.14. The Morgan fingerprint density at radius 2 is 1.83 bits per heavy atom. The number of likely N-dealkylation sites (N-methyl/N-ethyl adjacent to an activating group) is 1. The number of hydrogen-bond acceptors (Lipinski definition) is 5. The first-order valence-electron chi connectivity index (χ1n) is 9.44. The molecular weight excluding hydrogens is 402 g/mol. The third-order valence-corrected chi connectivity index (χ3v) is 6.72. The van der Waals surface area contributed by atoms with Gasteiger partial charge in [0.25, 0.3) is 0 Å². The standard InChI is InChI=1S/C21H25N5O3S/c1-15-5-6-19(11-16(15)2)30(28,29)25(4)14-21(27)24-13-18-7-8-23-20(12-18)26-10-9-22-17(26)3/h5-12H,13-14H2,1-4H3,(H,24,27). The number of amides is 1. The Balaban J connectivity index is 1.63. The Labute approximate surface area is 176 Å². The first-order chi connectivity index (χ1) is 14.2. The Hall–Kier alpha value is -3.04. The van der Waals surface area contributed by atoms with E-state index in [1.165, 1.54) is 7.05 Å². The molecule has 0 aliphatic heterocycles. The lowest BCUT2D eigenvalue weighted by Crippen LogP contribution is -2.38. The number of imidazole rings is 1. The van der Waals surface area contributed by atoms with E-state index in [1.807, 2.05) is 37.6 Å². The molecule has 9 heteroatoms. The van der Waals surface area contributed by atoms with Crippen LogP contribution in [0.3, 0.4) is 0 Å². The van der Waals surface area contributed by atoms with Gasteiger partial charge in [0, 0.05) is 32.2 Å². The summed E-state index contributed by atoms with van der Waals surface area (Å²) >= 11 is 0. The van der Waals surface area contributed by atoms with Crippen LogP contribution in [0.15, 0.2) is 53.8 Å². The largest absolute Gasteiger partial charge is 0.351 e. The maximum absolute atomic E-state index is 12.7. The molecule has 1 aromatic carbocycles. The normalized spacial score (nSPS) is 11.6. The molecule has 158 valence electrons. The highest BCUT2D eigenvalue weighted by Gasteiger charge is 2.23. The summed E-state index contributed by atoms with van der Waals surface area (Å²) in [6, 6.07) is 8.59. The molecule has 8 nitrogen and oxygen atoms in total. The van der Waals surface area contributed by atoms with Crippen LogP contribution in [-0.2, 0) is 21.4 Å². The number of nitrogens with zero attached hydrogens (tertiary/aromatic N) is 4. The highest BCUT2D eigenvalue weighted by atomic mass is 32.2. The van der Waals surface area contributed by atoms with E-state index in [1.54, 1.807) is 36.7 Å². The molecule has 0 saturated heterocycles. The highest BCUT2D eigenvalue weighted by molar-refractivity contribution is 7.89. The fraction of sp³-hybridized carbons (Fsp3) is 0.286. The molecule has 0 spiro atoms. The quantitative estimate of drug-likeness (QED) is 0.623. The summed E-state index contributed by atoms with van der Waals surface area (Å²) in [5, 5.41) is 2.76. The van der Waals surface area contributed by atoms with E-state index in [9.17, 15) is 13.2 Å². The van der Waals surface area contributed by atoms with E-state index in [0.717, 1.165) is 26.8 Å². The van der Waals surface area contributed by atoms with Gasteiger partial charge in [-0.05, 0) is 61.7 Å². The molecule has 2 heterocycles. The van der Waals surface area contributed by atoms with E-state index >= 15 is 0 Å². The number of benzene rings is 1. The van der Waals surface area contributed by atoms with Gasteiger partial charge in [0.2, 0.25) is 15.9 Å². The molecule has 0 aliphatic rings. The molecule has 0 saturated carbocycles. The van der Waals surface area contributed by atoms with Crippen LogP contribution >= 0.6 is 0 Å². The number of pyridine rings is 1. The topological polar surface area (TPSA) is 97.2 Å². The van der Waals surface area contributed by atoms with Crippen molar-refractivity contribution in [2.24, 2.45) is 0 Å². The van der Waals surface area contributed by atoms with Crippen molar-refractivity contribution in [3.8, 4) is 5.82 Å². The van der Waals surface area contributed by atoms with Gasteiger partial charge in [-0.25, -0.2) is 18.4 Å². The highest BCUT2D eigenvalue weighted by Crippen LogP contribution is 2.18. The summed E-state index contributed by atoms with van der Waals surface area (Å²) in [5.74, 6) is 1.12. The van der Waals surface area contributed by atoms with Crippen molar-refractivity contribution >= 4 is 15.9 Å². The number of carbonyl (C=O) groups excluding carboxylic acids is 1. The lowest BCUT2D eigenvalue weighted by molar-refractivity contribution is -0.121. The van der Waals surface area contributed by atoms with Gasteiger partial charge in [0.1, 0.15) is 11.6 Å². The van der Waals surface area contributed by atoms with Crippen molar-refractivity contribution in [2.75, 3.05) is 13.6 Å². The zero-order valence-electron chi connectivity index (χ0n) is 17.5. The third-order valence-electron chi connectivity index (χ3n) is 4.92. The van der Waals surface area contributed by atoms with Crippen molar-refractivity contribution in [2.45, 2.75) is 32.2 Å². The molecule has 0 aliphatic carbocycles. The number of carbonyl (C=O) groups is 1. The molecule has 3 aromatic rings. The maximum atomic E-state index is 12.7. The van der Waals surface area contributed by atoms with Crippen LogP contribution in [-0.4, -0.2) is 46.8 Å². The van der Waals surface area contributed by atoms with Crippen LogP contribution in [0, 0.1) is 20.8 Å². The van der Waals surface area contributed by atoms with Crippen LogP contribution in [0.1, 0.15) is 22.5 Å². The zero-order valence-corrected chi connectivity index (χ0v) is 18.3. The van der Waals surface area contributed by atoms with Crippen molar-refractivity contribution in [1.82, 2.24) is 24.2 Å². The predicted molar refractivity (Wildman–Crippen MR) is 114 cm³/mol. The molecule has 0 bridgehead atoms. The lowest BCUT2D eigenvalue weighted by atomic mass is 10.1. The SMILES string of the molecule is Cc1ccc(S(=O)(=O)N(C)CC(=O)NCc2ccnc(-n3ccnc3C)c2)cc1C. The van der Waals surface area contributed by atoms with Crippen LogP contribution in [0.4, 0.5) is 0 Å². The second-order valence-corrected chi connectivity index (χ2v) is 9.20. The minimum absolute atomic E-state index is 0.176. The fourth-order valence-electron chi connectivity index (χ4n) is 2.92. The molecule has 0 unspecified atom stereocenters. The van der Waals surface area contributed by atoms with Gasteiger partial charge in [0.05, 0.1) is 11.4 Å². The summed E-state index contributed by atoms with van der Waals surface area (Å²) < 4.78 is 28.4. The molecule has 0 fully saturated rings. The van der Waals surface area contributed by atoms with Gasteiger partial charge in [-0.15, -0.1) is 0 Å². The van der Waals surface area contributed by atoms with Crippen LogP contribution in [0.2, 0.25) is 0 Å². The second kappa shape index (κ2) is 8.76. The van der Waals surface area contributed by atoms with Crippen LogP contribution < -0.4 is 5.32 Å². The third kappa shape index (κ3) is 4.74. The molecule has 1 amide bonds. The Bertz CT molecular complexity index is 1170. The monoisotopic (exact) mass is 427 g/mol. The first kappa shape index (κ1) is 21.7. The number of rotatable bonds is 7. The van der Waals surface area contributed by atoms with Gasteiger partial charge in [-0.2, -0.15) is 4.31 Å². The summed E-state index contributed by atoms with van der Waals surface area (Å²) in [6.07, 6.45) is 5.16. The van der Waals surface area contributed by atoms with E-state index in [2.05, 4.69) is 15.3 Å². The molecule has 3 rings (SSSR count). The van der Waals surface area contributed by atoms with E-state index < -0.39 is 10.0 Å². The maximum Gasteiger partial charge on any atom is 0.243 e. The number of aromatic nitrogens is 3. The van der Waals surface area contributed by atoms with Crippen molar-refractivity contribution in [1.29, 1.82) is 0 Å². The van der Waals surface area contributed by atoms with Crippen LogP contribution in [0.25, 0.3) is 5.82 Å². The molecule has 0 atom stereocenters. The molecular formula is C21H25N5O3S. The second-order valence-electron chi connectivity index (χ2n) is 7.15. The molecule has 30 heavy (non-hydrogen) atoms. The summed E-state index contributed by atoms with van der Waals surface area (Å²) in [7, 11) is -2.35. The van der Waals surface area contributed by atoms with E-state index in [-0.39, 0.29) is 23.9 Å². The summed E-state index contributed by atoms with van der Waals surface area (Å²) in [4.78, 5) is 21.0. The average molecular weight is 428 g/mol. The predicted octanol–water partition coefficient (Wildman–Crippen LogP) is 2.13. The van der Waals surface area contributed by atoms with Crippen LogP contribution in [0.5, 0.6) is 0 Å². The smallest absolute Gasteiger partial charge is 0.243 e. The molecule has 2 aromatic heterocycles.